The molecule has 0 amide bonds. The molecule has 0 atom stereocenters. The van der Waals surface area contributed by atoms with Gasteiger partial charge in [-0.15, -0.1) is 0 Å². The Hall–Kier alpha value is -2.25. The van der Waals surface area contributed by atoms with Gasteiger partial charge in [-0.1, -0.05) is 12.1 Å². The summed E-state index contributed by atoms with van der Waals surface area (Å²) < 4.78 is 43.7. The molecule has 0 saturated heterocycles. The second-order valence-electron chi connectivity index (χ2n) is 5.63. The predicted octanol–water partition coefficient (Wildman–Crippen LogP) is 2.81. The molecule has 0 radical (unpaired) electrons. The highest BCUT2D eigenvalue weighted by atomic mass is 32.2. The Morgan fingerprint density at radius 3 is 2.04 bits per heavy atom. The Kier molecular flexibility index (Phi) is 5.92. The fraction of sp³-hybridized carbons (Fsp3) is 0.333. The van der Waals surface area contributed by atoms with Gasteiger partial charge in [-0.3, -0.25) is 0 Å². The van der Waals surface area contributed by atoms with Gasteiger partial charge in [0.2, 0.25) is 15.8 Å². The number of hydrogen-bond donors (Lipinski definition) is 1. The first-order chi connectivity index (χ1) is 11.8. The number of nitrogens with one attached hydrogen (secondary N) is 1. The van der Waals surface area contributed by atoms with E-state index in [0.29, 0.717) is 28.4 Å². The largest absolute Gasteiger partial charge is 0.493 e. The lowest BCUT2D eigenvalue weighted by Crippen LogP contribution is -2.24. The number of rotatable bonds is 7. The van der Waals surface area contributed by atoms with Crippen LogP contribution in [0.2, 0.25) is 0 Å². The molecule has 0 spiro atoms. The Labute approximate surface area is 148 Å². The van der Waals surface area contributed by atoms with Crippen molar-refractivity contribution in [3.05, 3.63) is 47.0 Å². The van der Waals surface area contributed by atoms with Crippen LogP contribution in [0.1, 0.15) is 16.7 Å². The van der Waals surface area contributed by atoms with E-state index in [1.165, 1.54) is 21.3 Å². The number of aryl methyl sites for hydroxylation is 2. The van der Waals surface area contributed by atoms with Crippen LogP contribution in [0, 0.1) is 13.8 Å². The maximum atomic E-state index is 12.6. The fourth-order valence-electron chi connectivity index (χ4n) is 2.49. The van der Waals surface area contributed by atoms with E-state index in [1.807, 2.05) is 13.0 Å². The predicted molar refractivity (Wildman–Crippen MR) is 96.0 cm³/mol. The molecule has 0 saturated carbocycles. The van der Waals surface area contributed by atoms with Crippen LogP contribution in [-0.4, -0.2) is 29.7 Å². The van der Waals surface area contributed by atoms with E-state index >= 15 is 0 Å². The van der Waals surface area contributed by atoms with Crippen LogP contribution in [-0.2, 0) is 16.6 Å². The van der Waals surface area contributed by atoms with Crippen LogP contribution in [0.3, 0.4) is 0 Å². The number of benzene rings is 2. The zero-order valence-electron chi connectivity index (χ0n) is 15.0. The van der Waals surface area contributed by atoms with Gasteiger partial charge < -0.3 is 14.2 Å². The summed E-state index contributed by atoms with van der Waals surface area (Å²) >= 11 is 0. The van der Waals surface area contributed by atoms with Crippen LogP contribution in [0.25, 0.3) is 0 Å². The summed E-state index contributed by atoms with van der Waals surface area (Å²) in [6.45, 7) is 3.73. The zero-order valence-corrected chi connectivity index (χ0v) is 15.9. The highest BCUT2D eigenvalue weighted by Gasteiger charge is 2.18. The normalized spacial score (nSPS) is 11.2. The second kappa shape index (κ2) is 7.76. The highest BCUT2D eigenvalue weighted by molar-refractivity contribution is 7.89. The van der Waals surface area contributed by atoms with Gasteiger partial charge in [0.05, 0.1) is 26.2 Å². The average Bonchev–Trinajstić information content (AvgIpc) is 2.60. The minimum absolute atomic E-state index is 0.104. The van der Waals surface area contributed by atoms with E-state index in [4.69, 9.17) is 14.2 Å². The lowest BCUT2D eigenvalue weighted by atomic mass is 10.2. The van der Waals surface area contributed by atoms with Crippen molar-refractivity contribution in [3.63, 3.8) is 0 Å². The van der Waals surface area contributed by atoms with Gasteiger partial charge in [0.15, 0.2) is 11.5 Å². The topological polar surface area (TPSA) is 73.9 Å². The molecular weight excluding hydrogens is 342 g/mol. The molecule has 2 aromatic carbocycles. The van der Waals surface area contributed by atoms with Crippen LogP contribution >= 0.6 is 0 Å². The molecule has 1 N–H and O–H groups in total. The van der Waals surface area contributed by atoms with Gasteiger partial charge in [-0.25, -0.2) is 13.1 Å². The Morgan fingerprint density at radius 2 is 1.52 bits per heavy atom. The van der Waals surface area contributed by atoms with Crippen molar-refractivity contribution in [2.24, 2.45) is 0 Å². The molecule has 25 heavy (non-hydrogen) atoms. The van der Waals surface area contributed by atoms with Crippen molar-refractivity contribution < 1.29 is 22.6 Å². The highest BCUT2D eigenvalue weighted by Crippen LogP contribution is 2.38. The summed E-state index contributed by atoms with van der Waals surface area (Å²) in [4.78, 5) is 0.278. The van der Waals surface area contributed by atoms with Gasteiger partial charge in [-0.05, 0) is 48.7 Å². The molecule has 2 aromatic rings. The molecule has 2 rings (SSSR count). The van der Waals surface area contributed by atoms with Crippen LogP contribution < -0.4 is 18.9 Å². The average molecular weight is 365 g/mol. The lowest BCUT2D eigenvalue weighted by Gasteiger charge is -2.15. The Bertz CT molecular complexity index is 837. The number of hydrogen-bond acceptors (Lipinski definition) is 5. The molecular formula is C18H23NO5S. The van der Waals surface area contributed by atoms with E-state index in [-0.39, 0.29) is 11.4 Å². The summed E-state index contributed by atoms with van der Waals surface area (Å²) in [5, 5.41) is 0. The van der Waals surface area contributed by atoms with Crippen molar-refractivity contribution in [2.75, 3.05) is 21.3 Å². The molecule has 0 aliphatic carbocycles. The molecule has 0 bridgehead atoms. The monoisotopic (exact) mass is 365 g/mol. The summed E-state index contributed by atoms with van der Waals surface area (Å²) in [6.07, 6.45) is 0. The molecule has 0 fully saturated rings. The standard InChI is InChI=1S/C18H23NO5S/c1-12-6-7-13(2)17(8-12)25(20,21)19-11-14-9-15(22-3)18(24-5)16(10-14)23-4/h6-10,19H,11H2,1-5H3. The smallest absolute Gasteiger partial charge is 0.241 e. The van der Waals surface area contributed by atoms with Gasteiger partial charge in [0.1, 0.15) is 0 Å². The first kappa shape index (κ1) is 19.1. The van der Waals surface area contributed by atoms with E-state index in [2.05, 4.69) is 4.72 Å². The van der Waals surface area contributed by atoms with Crippen molar-refractivity contribution in [2.45, 2.75) is 25.3 Å². The van der Waals surface area contributed by atoms with E-state index in [9.17, 15) is 8.42 Å². The molecule has 0 aromatic heterocycles. The first-order valence-electron chi connectivity index (χ1n) is 7.68. The third kappa shape index (κ3) is 4.24. The third-order valence-corrected chi connectivity index (χ3v) is 5.37. The summed E-state index contributed by atoms with van der Waals surface area (Å²) in [5.74, 6) is 1.41. The summed E-state index contributed by atoms with van der Waals surface area (Å²) in [5.41, 5.74) is 2.28. The van der Waals surface area contributed by atoms with Crippen molar-refractivity contribution in [3.8, 4) is 17.2 Å². The van der Waals surface area contributed by atoms with Crippen molar-refractivity contribution in [1.82, 2.24) is 4.72 Å². The van der Waals surface area contributed by atoms with Gasteiger partial charge in [-0.2, -0.15) is 0 Å². The lowest BCUT2D eigenvalue weighted by molar-refractivity contribution is 0.323. The first-order valence-corrected chi connectivity index (χ1v) is 9.16. The van der Waals surface area contributed by atoms with Crippen LogP contribution in [0.5, 0.6) is 17.2 Å². The third-order valence-electron chi connectivity index (χ3n) is 3.82. The van der Waals surface area contributed by atoms with E-state index in [0.717, 1.165) is 5.56 Å². The molecule has 0 aliphatic heterocycles. The Morgan fingerprint density at radius 1 is 0.920 bits per heavy atom. The number of ether oxygens (including phenoxy) is 3. The maximum Gasteiger partial charge on any atom is 0.241 e. The summed E-state index contributed by atoms with van der Waals surface area (Å²) in [7, 11) is 0.918. The quantitative estimate of drug-likeness (QED) is 0.817. The molecule has 0 aliphatic rings. The molecule has 0 unspecified atom stereocenters. The minimum atomic E-state index is -3.63. The number of methoxy groups -OCH3 is 3. The second-order valence-corrected chi connectivity index (χ2v) is 7.36. The summed E-state index contributed by atoms with van der Waals surface area (Å²) in [6, 6.07) is 8.77. The van der Waals surface area contributed by atoms with Gasteiger partial charge in [0, 0.05) is 6.54 Å². The Balaban J connectivity index is 2.30. The molecule has 136 valence electrons. The molecule has 7 heteroatoms. The van der Waals surface area contributed by atoms with Gasteiger partial charge >= 0.3 is 0 Å². The fourth-order valence-corrected chi connectivity index (χ4v) is 3.84. The van der Waals surface area contributed by atoms with Crippen LogP contribution in [0.4, 0.5) is 0 Å². The molecule has 0 heterocycles. The van der Waals surface area contributed by atoms with Crippen molar-refractivity contribution >= 4 is 10.0 Å². The SMILES string of the molecule is COc1cc(CNS(=O)(=O)c2cc(C)ccc2C)cc(OC)c1OC. The number of sulfonamides is 1. The van der Waals surface area contributed by atoms with Gasteiger partial charge in [0.25, 0.3) is 0 Å². The van der Waals surface area contributed by atoms with E-state index < -0.39 is 10.0 Å². The maximum absolute atomic E-state index is 12.6. The molecule has 6 nitrogen and oxygen atoms in total. The zero-order chi connectivity index (χ0) is 18.6. The van der Waals surface area contributed by atoms with E-state index in [1.54, 1.807) is 31.2 Å². The minimum Gasteiger partial charge on any atom is -0.493 e. The van der Waals surface area contributed by atoms with Crippen molar-refractivity contribution in [1.29, 1.82) is 0 Å². The van der Waals surface area contributed by atoms with Crippen LogP contribution in [0.15, 0.2) is 35.2 Å².